The summed E-state index contributed by atoms with van der Waals surface area (Å²) in [5, 5.41) is 8.41. The molecule has 0 spiro atoms. The Labute approximate surface area is 220 Å². The predicted molar refractivity (Wildman–Crippen MR) is 139 cm³/mol. The van der Waals surface area contributed by atoms with Crippen LogP contribution in [0.1, 0.15) is 30.5 Å². The van der Waals surface area contributed by atoms with E-state index in [-0.39, 0.29) is 31.3 Å². The first-order valence-electron chi connectivity index (χ1n) is 10.8. The van der Waals surface area contributed by atoms with Crippen LogP contribution in [0.5, 0.6) is 0 Å². The van der Waals surface area contributed by atoms with E-state index in [0.717, 1.165) is 42.8 Å². The minimum atomic E-state index is -0.108. The van der Waals surface area contributed by atoms with Gasteiger partial charge in [0.1, 0.15) is 0 Å². The molecule has 0 unspecified atom stereocenters. The molecule has 1 amide bonds. The second-order valence-corrected chi connectivity index (χ2v) is 9.26. The molecule has 10 heteroatoms. The van der Waals surface area contributed by atoms with E-state index in [9.17, 15) is 4.79 Å². The topological polar surface area (TPSA) is 59.4 Å². The van der Waals surface area contributed by atoms with Gasteiger partial charge in [0.2, 0.25) is 5.91 Å². The Morgan fingerprint density at radius 2 is 1.71 bits per heavy atom. The summed E-state index contributed by atoms with van der Waals surface area (Å²) in [5.41, 5.74) is 6.79. The van der Waals surface area contributed by atoms with Gasteiger partial charge in [0.25, 0.3) is 0 Å². The number of rotatable bonds is 7. The molecule has 1 aliphatic rings. The van der Waals surface area contributed by atoms with Crippen LogP contribution in [0.4, 0.5) is 0 Å². The number of aromatic nitrogens is 2. The van der Waals surface area contributed by atoms with E-state index in [2.05, 4.69) is 5.43 Å². The van der Waals surface area contributed by atoms with Crippen molar-refractivity contribution >= 4 is 53.1 Å². The third-order valence-electron chi connectivity index (χ3n) is 5.58. The Kier molecular flexibility index (Phi) is 9.65. The van der Waals surface area contributed by atoms with Crippen LogP contribution in [-0.2, 0) is 22.6 Å². The van der Waals surface area contributed by atoms with Gasteiger partial charge in [-0.2, -0.15) is 5.10 Å². The number of hydrazine groups is 1. The highest BCUT2D eigenvalue weighted by Gasteiger charge is 2.24. The van der Waals surface area contributed by atoms with E-state index in [1.807, 2.05) is 35.3 Å². The molecule has 4 rings (SSSR count). The monoisotopic (exact) mass is 542 g/mol. The summed E-state index contributed by atoms with van der Waals surface area (Å²) in [7, 11) is 1.62. The number of piperidine rings is 1. The lowest BCUT2D eigenvalue weighted by molar-refractivity contribution is -0.125. The van der Waals surface area contributed by atoms with Crippen LogP contribution >= 0.6 is 47.2 Å². The number of carbonyl (C=O) groups is 1. The number of methoxy groups -OCH3 is 1. The van der Waals surface area contributed by atoms with E-state index in [4.69, 9.17) is 44.6 Å². The van der Waals surface area contributed by atoms with Gasteiger partial charge in [0, 0.05) is 41.4 Å². The molecular formula is C24H26Cl4N4O2. The lowest BCUT2D eigenvalue weighted by Gasteiger charge is -2.26. The maximum atomic E-state index is 12.9. The minimum Gasteiger partial charge on any atom is -0.380 e. The Morgan fingerprint density at radius 3 is 2.35 bits per heavy atom. The van der Waals surface area contributed by atoms with Crippen molar-refractivity contribution in [1.29, 1.82) is 0 Å². The smallest absolute Gasteiger partial charge is 0.240 e. The Morgan fingerprint density at radius 1 is 1.03 bits per heavy atom. The molecule has 1 fully saturated rings. The zero-order valence-corrected chi connectivity index (χ0v) is 21.8. The van der Waals surface area contributed by atoms with Crippen molar-refractivity contribution in [3.05, 3.63) is 68.8 Å². The zero-order chi connectivity index (χ0) is 23.4. The minimum absolute atomic E-state index is 0. The number of hydrogen-bond acceptors (Lipinski definition) is 4. The molecule has 0 aliphatic carbocycles. The van der Waals surface area contributed by atoms with E-state index >= 15 is 0 Å². The molecule has 0 radical (unpaired) electrons. The number of hydrogen-bond donors (Lipinski definition) is 1. The summed E-state index contributed by atoms with van der Waals surface area (Å²) in [4.78, 5) is 12.9. The van der Waals surface area contributed by atoms with Crippen LogP contribution in [0, 0.1) is 0 Å². The number of ether oxygens (including phenoxy) is 1. The maximum Gasteiger partial charge on any atom is 0.240 e. The lowest BCUT2D eigenvalue weighted by Crippen LogP contribution is -2.45. The van der Waals surface area contributed by atoms with Gasteiger partial charge in [0.05, 0.1) is 35.1 Å². The van der Waals surface area contributed by atoms with Crippen LogP contribution in [0.15, 0.2) is 42.5 Å². The van der Waals surface area contributed by atoms with E-state index < -0.39 is 0 Å². The molecule has 1 aliphatic heterocycles. The molecule has 34 heavy (non-hydrogen) atoms. The standard InChI is InChI=1S/C24H25Cl3N4O2.ClH/c1-33-15-19-21(14-23(32)29-30-11-3-2-4-12-30)28-31(22-10-9-18(26)13-20(22)27)24(19)16-5-7-17(25)8-6-16;/h5-10,13H,2-4,11-12,14-15H2,1H3,(H,29,32);1H. The molecule has 1 saturated heterocycles. The van der Waals surface area contributed by atoms with Crippen LogP contribution in [-0.4, -0.2) is 40.9 Å². The highest BCUT2D eigenvalue weighted by atomic mass is 35.5. The molecule has 0 saturated carbocycles. The van der Waals surface area contributed by atoms with Crippen LogP contribution in [0.2, 0.25) is 15.1 Å². The van der Waals surface area contributed by atoms with Crippen LogP contribution in [0.25, 0.3) is 16.9 Å². The van der Waals surface area contributed by atoms with E-state index in [1.165, 1.54) is 6.42 Å². The summed E-state index contributed by atoms with van der Waals surface area (Å²) in [6.07, 6.45) is 3.48. The van der Waals surface area contributed by atoms with Crippen molar-refractivity contribution in [2.75, 3.05) is 20.2 Å². The number of halogens is 4. The average Bonchev–Trinajstić information content (AvgIpc) is 3.12. The van der Waals surface area contributed by atoms with Gasteiger partial charge in [-0.3, -0.25) is 10.2 Å². The second kappa shape index (κ2) is 12.2. The number of carbonyl (C=O) groups excluding carboxylic acids is 1. The summed E-state index contributed by atoms with van der Waals surface area (Å²) in [5.74, 6) is -0.108. The van der Waals surface area contributed by atoms with Crippen LogP contribution in [0.3, 0.4) is 0 Å². The van der Waals surface area contributed by atoms with Gasteiger partial charge < -0.3 is 4.74 Å². The molecule has 0 bridgehead atoms. The summed E-state index contributed by atoms with van der Waals surface area (Å²) in [6.45, 7) is 2.01. The third-order valence-corrected chi connectivity index (χ3v) is 6.37. The fraction of sp³-hybridized carbons (Fsp3) is 0.333. The number of nitrogens with zero attached hydrogens (tertiary/aromatic N) is 3. The average molecular weight is 544 g/mol. The van der Waals surface area contributed by atoms with Gasteiger partial charge >= 0.3 is 0 Å². The van der Waals surface area contributed by atoms with Crippen molar-refractivity contribution in [3.8, 4) is 16.9 Å². The summed E-state index contributed by atoms with van der Waals surface area (Å²) < 4.78 is 7.26. The number of nitrogens with one attached hydrogen (secondary N) is 1. The summed E-state index contributed by atoms with van der Waals surface area (Å²) in [6, 6.07) is 12.7. The zero-order valence-electron chi connectivity index (χ0n) is 18.7. The molecule has 0 atom stereocenters. The Bertz CT molecular complexity index is 1130. The molecule has 1 N–H and O–H groups in total. The second-order valence-electron chi connectivity index (χ2n) is 7.98. The molecule has 6 nitrogen and oxygen atoms in total. The Balaban J connectivity index is 0.00000324. The van der Waals surface area contributed by atoms with Gasteiger partial charge in [-0.15, -0.1) is 12.4 Å². The van der Waals surface area contributed by atoms with Crippen molar-refractivity contribution in [2.45, 2.75) is 32.3 Å². The van der Waals surface area contributed by atoms with Gasteiger partial charge in [-0.1, -0.05) is 53.4 Å². The quantitative estimate of drug-likeness (QED) is 0.389. The van der Waals surface area contributed by atoms with Crippen molar-refractivity contribution in [3.63, 3.8) is 0 Å². The first kappa shape index (κ1) is 26.8. The predicted octanol–water partition coefficient (Wildman–Crippen LogP) is 6.13. The molecule has 2 heterocycles. The van der Waals surface area contributed by atoms with Gasteiger partial charge in [-0.05, 0) is 43.2 Å². The summed E-state index contributed by atoms with van der Waals surface area (Å²) >= 11 is 18.8. The van der Waals surface area contributed by atoms with E-state index in [0.29, 0.717) is 26.4 Å². The molecule has 2 aromatic carbocycles. The van der Waals surface area contributed by atoms with E-state index in [1.54, 1.807) is 23.9 Å². The lowest BCUT2D eigenvalue weighted by atomic mass is 10.0. The van der Waals surface area contributed by atoms with Crippen molar-refractivity contribution < 1.29 is 9.53 Å². The Hall–Kier alpha value is -1.80. The normalized spacial score (nSPS) is 14.0. The first-order valence-corrected chi connectivity index (χ1v) is 11.9. The maximum absolute atomic E-state index is 12.9. The first-order chi connectivity index (χ1) is 16.0. The number of amides is 1. The fourth-order valence-electron chi connectivity index (χ4n) is 4.04. The van der Waals surface area contributed by atoms with Crippen LogP contribution < -0.4 is 5.43 Å². The molecule has 3 aromatic rings. The SMILES string of the molecule is COCc1c(CC(=O)NN2CCCCC2)nn(-c2ccc(Cl)cc2Cl)c1-c1ccc(Cl)cc1.Cl. The fourth-order valence-corrected chi connectivity index (χ4v) is 4.65. The molecule has 1 aromatic heterocycles. The van der Waals surface area contributed by atoms with Crippen molar-refractivity contribution in [1.82, 2.24) is 20.2 Å². The number of benzene rings is 2. The molecule has 182 valence electrons. The third kappa shape index (κ3) is 6.25. The largest absolute Gasteiger partial charge is 0.380 e. The molecular weight excluding hydrogens is 518 g/mol. The highest BCUT2D eigenvalue weighted by molar-refractivity contribution is 6.35. The highest BCUT2D eigenvalue weighted by Crippen LogP contribution is 2.34. The van der Waals surface area contributed by atoms with Crippen molar-refractivity contribution in [2.24, 2.45) is 0 Å². The van der Waals surface area contributed by atoms with Gasteiger partial charge in [-0.25, -0.2) is 9.69 Å². The van der Waals surface area contributed by atoms with Gasteiger partial charge in [0.15, 0.2) is 0 Å².